The van der Waals surface area contributed by atoms with Crippen molar-refractivity contribution in [2.24, 2.45) is 0 Å². The summed E-state index contributed by atoms with van der Waals surface area (Å²) in [5.74, 6) is -0.197. The standard InChI is InChI=1S/C16H19N3O2/c1-12-2-4-13(5-3-12)16(21)19-10-7-14(8-11-19)18-15(20)6-9-17/h2-5,14H,6-8,10-11H2,1H3,(H,18,20). The van der Waals surface area contributed by atoms with Crippen LogP contribution in [0.15, 0.2) is 24.3 Å². The Hall–Kier alpha value is -2.35. The highest BCUT2D eigenvalue weighted by Gasteiger charge is 2.24. The summed E-state index contributed by atoms with van der Waals surface area (Å²) in [7, 11) is 0. The van der Waals surface area contributed by atoms with Crippen molar-refractivity contribution in [1.29, 1.82) is 5.26 Å². The third-order valence-electron chi connectivity index (χ3n) is 3.69. The molecule has 110 valence electrons. The Kier molecular flexibility index (Phi) is 4.94. The van der Waals surface area contributed by atoms with Gasteiger partial charge in [0.25, 0.3) is 5.91 Å². The van der Waals surface area contributed by atoms with Crippen LogP contribution in [0.5, 0.6) is 0 Å². The van der Waals surface area contributed by atoms with Crippen molar-refractivity contribution in [2.45, 2.75) is 32.2 Å². The van der Waals surface area contributed by atoms with Gasteiger partial charge >= 0.3 is 0 Å². The number of carbonyl (C=O) groups is 2. The molecule has 1 aromatic rings. The van der Waals surface area contributed by atoms with Crippen LogP contribution >= 0.6 is 0 Å². The minimum Gasteiger partial charge on any atom is -0.352 e. The van der Waals surface area contributed by atoms with Gasteiger partial charge in [-0.05, 0) is 31.9 Å². The molecular weight excluding hydrogens is 266 g/mol. The second-order valence-corrected chi connectivity index (χ2v) is 5.33. The molecule has 1 aliphatic heterocycles. The maximum absolute atomic E-state index is 12.3. The number of amides is 2. The van der Waals surface area contributed by atoms with E-state index in [-0.39, 0.29) is 24.3 Å². The van der Waals surface area contributed by atoms with E-state index in [1.165, 1.54) is 0 Å². The second kappa shape index (κ2) is 6.89. The van der Waals surface area contributed by atoms with Crippen LogP contribution < -0.4 is 5.32 Å². The number of likely N-dealkylation sites (tertiary alicyclic amines) is 1. The lowest BCUT2D eigenvalue weighted by Crippen LogP contribution is -2.46. The number of rotatable bonds is 3. The number of nitriles is 1. The van der Waals surface area contributed by atoms with Crippen molar-refractivity contribution in [3.63, 3.8) is 0 Å². The Labute approximate surface area is 124 Å². The van der Waals surface area contributed by atoms with Gasteiger partial charge in [0.2, 0.25) is 5.91 Å². The first-order valence-corrected chi connectivity index (χ1v) is 7.12. The third-order valence-corrected chi connectivity index (χ3v) is 3.69. The molecule has 1 heterocycles. The Morgan fingerprint density at radius 2 is 1.90 bits per heavy atom. The Morgan fingerprint density at radius 3 is 2.48 bits per heavy atom. The number of nitrogens with zero attached hydrogens (tertiary/aromatic N) is 2. The van der Waals surface area contributed by atoms with Gasteiger partial charge in [0.1, 0.15) is 6.42 Å². The molecule has 0 bridgehead atoms. The van der Waals surface area contributed by atoms with Gasteiger partial charge in [-0.15, -0.1) is 0 Å². The molecule has 1 saturated heterocycles. The van der Waals surface area contributed by atoms with Gasteiger partial charge in [-0.1, -0.05) is 17.7 Å². The fourth-order valence-electron chi connectivity index (χ4n) is 2.46. The Balaban J connectivity index is 1.86. The summed E-state index contributed by atoms with van der Waals surface area (Å²) < 4.78 is 0. The van der Waals surface area contributed by atoms with E-state index >= 15 is 0 Å². The highest BCUT2D eigenvalue weighted by atomic mass is 16.2. The Morgan fingerprint density at radius 1 is 1.29 bits per heavy atom. The van der Waals surface area contributed by atoms with E-state index in [1.54, 1.807) is 0 Å². The van der Waals surface area contributed by atoms with Crippen molar-refractivity contribution in [3.8, 4) is 6.07 Å². The quantitative estimate of drug-likeness (QED) is 0.917. The number of hydrogen-bond acceptors (Lipinski definition) is 3. The topological polar surface area (TPSA) is 73.2 Å². The van der Waals surface area contributed by atoms with E-state index < -0.39 is 0 Å². The van der Waals surface area contributed by atoms with Crippen LogP contribution in [0.4, 0.5) is 0 Å². The first-order chi connectivity index (χ1) is 10.1. The maximum Gasteiger partial charge on any atom is 0.253 e. The zero-order chi connectivity index (χ0) is 15.2. The molecule has 0 atom stereocenters. The molecule has 21 heavy (non-hydrogen) atoms. The fraction of sp³-hybridized carbons (Fsp3) is 0.438. The van der Waals surface area contributed by atoms with E-state index in [0.29, 0.717) is 18.7 Å². The highest BCUT2D eigenvalue weighted by molar-refractivity contribution is 5.94. The Bertz CT molecular complexity index is 552. The SMILES string of the molecule is Cc1ccc(C(=O)N2CCC(NC(=O)CC#N)CC2)cc1. The van der Waals surface area contributed by atoms with Gasteiger partial charge in [0.05, 0.1) is 6.07 Å². The average molecular weight is 285 g/mol. The number of benzene rings is 1. The van der Waals surface area contributed by atoms with Crippen molar-refractivity contribution in [2.75, 3.05) is 13.1 Å². The van der Waals surface area contributed by atoms with Crippen molar-refractivity contribution >= 4 is 11.8 Å². The molecule has 1 aromatic carbocycles. The van der Waals surface area contributed by atoms with E-state index in [0.717, 1.165) is 18.4 Å². The molecule has 5 heteroatoms. The van der Waals surface area contributed by atoms with E-state index in [9.17, 15) is 9.59 Å². The van der Waals surface area contributed by atoms with Gasteiger partial charge in [-0.2, -0.15) is 5.26 Å². The van der Waals surface area contributed by atoms with Crippen LogP contribution in [-0.4, -0.2) is 35.8 Å². The molecule has 1 fully saturated rings. The molecule has 0 radical (unpaired) electrons. The second-order valence-electron chi connectivity index (χ2n) is 5.33. The summed E-state index contributed by atoms with van der Waals surface area (Å²) in [5, 5.41) is 11.3. The molecule has 0 saturated carbocycles. The van der Waals surface area contributed by atoms with Gasteiger partial charge in [-0.25, -0.2) is 0 Å². The molecular formula is C16H19N3O2. The lowest BCUT2D eigenvalue weighted by atomic mass is 10.0. The maximum atomic E-state index is 12.3. The summed E-state index contributed by atoms with van der Waals surface area (Å²) >= 11 is 0. The minimum absolute atomic E-state index is 0.0387. The highest BCUT2D eigenvalue weighted by Crippen LogP contribution is 2.14. The number of carbonyl (C=O) groups excluding carboxylic acids is 2. The summed E-state index contributed by atoms with van der Waals surface area (Å²) in [6.45, 7) is 3.25. The molecule has 1 N–H and O–H groups in total. The van der Waals surface area contributed by atoms with Crippen molar-refractivity contribution in [1.82, 2.24) is 10.2 Å². The summed E-state index contributed by atoms with van der Waals surface area (Å²) in [4.78, 5) is 25.5. The fourth-order valence-corrected chi connectivity index (χ4v) is 2.46. The normalized spacial score (nSPS) is 15.3. The van der Waals surface area contributed by atoms with Crippen molar-refractivity contribution in [3.05, 3.63) is 35.4 Å². The van der Waals surface area contributed by atoms with Crippen LogP contribution in [0.1, 0.15) is 35.2 Å². The number of hydrogen-bond donors (Lipinski definition) is 1. The van der Waals surface area contributed by atoms with Crippen molar-refractivity contribution < 1.29 is 9.59 Å². The van der Waals surface area contributed by atoms with Crippen LogP contribution in [-0.2, 0) is 4.79 Å². The zero-order valence-corrected chi connectivity index (χ0v) is 12.1. The average Bonchev–Trinajstić information content (AvgIpc) is 2.48. The third kappa shape index (κ3) is 4.06. The van der Waals surface area contributed by atoms with Gasteiger partial charge in [0.15, 0.2) is 0 Å². The van der Waals surface area contributed by atoms with E-state index in [2.05, 4.69) is 5.32 Å². The zero-order valence-electron chi connectivity index (χ0n) is 12.1. The lowest BCUT2D eigenvalue weighted by Gasteiger charge is -2.32. The van der Waals surface area contributed by atoms with Crippen LogP contribution in [0, 0.1) is 18.3 Å². The molecule has 0 spiro atoms. The lowest BCUT2D eigenvalue weighted by molar-refractivity contribution is -0.121. The van der Waals surface area contributed by atoms with Crippen LogP contribution in [0.25, 0.3) is 0 Å². The van der Waals surface area contributed by atoms with E-state index in [4.69, 9.17) is 5.26 Å². The molecule has 2 amide bonds. The summed E-state index contributed by atoms with van der Waals surface area (Å²) in [6, 6.07) is 9.45. The first-order valence-electron chi connectivity index (χ1n) is 7.12. The van der Waals surface area contributed by atoms with Crippen LogP contribution in [0.3, 0.4) is 0 Å². The molecule has 0 unspecified atom stereocenters. The minimum atomic E-state index is -0.235. The first kappa shape index (κ1) is 15.0. The largest absolute Gasteiger partial charge is 0.352 e. The molecule has 0 aliphatic carbocycles. The molecule has 2 rings (SSSR count). The monoisotopic (exact) mass is 285 g/mol. The molecule has 1 aliphatic rings. The molecule has 5 nitrogen and oxygen atoms in total. The van der Waals surface area contributed by atoms with Crippen LogP contribution in [0.2, 0.25) is 0 Å². The van der Waals surface area contributed by atoms with Gasteiger partial charge in [0, 0.05) is 24.7 Å². The number of piperidine rings is 1. The van der Waals surface area contributed by atoms with E-state index in [1.807, 2.05) is 42.2 Å². The number of aryl methyl sites for hydroxylation is 1. The molecule has 0 aromatic heterocycles. The summed E-state index contributed by atoms with van der Waals surface area (Å²) in [5.41, 5.74) is 1.83. The predicted molar refractivity (Wildman–Crippen MR) is 78.5 cm³/mol. The number of nitrogens with one attached hydrogen (secondary N) is 1. The summed E-state index contributed by atoms with van der Waals surface area (Å²) in [6.07, 6.45) is 1.35. The van der Waals surface area contributed by atoms with Gasteiger partial charge < -0.3 is 10.2 Å². The predicted octanol–water partition coefficient (Wildman–Crippen LogP) is 1.63. The van der Waals surface area contributed by atoms with Gasteiger partial charge in [-0.3, -0.25) is 9.59 Å². The smallest absolute Gasteiger partial charge is 0.253 e.